The number of nitrogens with zero attached hydrogens (tertiary/aromatic N) is 2. The Bertz CT molecular complexity index is 622. The van der Waals surface area contributed by atoms with E-state index in [4.69, 9.17) is 9.26 Å². The first-order valence-corrected chi connectivity index (χ1v) is 7.79. The van der Waals surface area contributed by atoms with Crippen LogP contribution in [0.15, 0.2) is 21.3 Å². The molecule has 1 amide bonds. The summed E-state index contributed by atoms with van der Waals surface area (Å²) in [5, 5.41) is 10.3. The number of rotatable bonds is 7. The second kappa shape index (κ2) is 7.69. The number of nitrogens with one attached hydrogen (secondary N) is 1. The molecule has 0 radical (unpaired) electrons. The summed E-state index contributed by atoms with van der Waals surface area (Å²) in [5.74, 6) is 0.0702. The second-order valence-corrected chi connectivity index (χ2v) is 5.69. The number of hydrogen-bond acceptors (Lipinski definition) is 7. The van der Waals surface area contributed by atoms with Gasteiger partial charge in [0, 0.05) is 23.4 Å². The van der Waals surface area contributed by atoms with Gasteiger partial charge in [-0.05, 0) is 25.3 Å². The highest BCUT2D eigenvalue weighted by atomic mass is 32.1. The monoisotopic (exact) mass is 323 g/mol. The van der Waals surface area contributed by atoms with Crippen LogP contribution in [-0.2, 0) is 20.7 Å². The van der Waals surface area contributed by atoms with E-state index in [2.05, 4.69) is 15.5 Å². The van der Waals surface area contributed by atoms with Gasteiger partial charge in [-0.2, -0.15) is 16.3 Å². The molecule has 8 heteroatoms. The van der Waals surface area contributed by atoms with Crippen molar-refractivity contribution in [1.29, 1.82) is 0 Å². The third kappa shape index (κ3) is 4.96. The number of hydrogen-bond donors (Lipinski definition) is 1. The number of thiophene rings is 1. The molecular formula is C14H17N3O4S. The van der Waals surface area contributed by atoms with Crippen molar-refractivity contribution in [2.45, 2.75) is 32.7 Å². The van der Waals surface area contributed by atoms with Gasteiger partial charge in [0.05, 0.1) is 6.42 Å². The van der Waals surface area contributed by atoms with E-state index in [0.717, 1.165) is 5.56 Å². The first-order chi connectivity index (χ1) is 10.5. The topological polar surface area (TPSA) is 94.3 Å². The van der Waals surface area contributed by atoms with Crippen molar-refractivity contribution in [3.05, 3.63) is 22.7 Å². The summed E-state index contributed by atoms with van der Waals surface area (Å²) in [4.78, 5) is 27.1. The molecule has 7 nitrogen and oxygen atoms in total. The van der Waals surface area contributed by atoms with Crippen LogP contribution in [0.25, 0.3) is 11.4 Å². The molecule has 118 valence electrons. The number of aromatic nitrogens is 2. The highest BCUT2D eigenvalue weighted by Crippen LogP contribution is 2.18. The molecule has 0 aliphatic carbocycles. The zero-order chi connectivity index (χ0) is 15.9. The van der Waals surface area contributed by atoms with Gasteiger partial charge >= 0.3 is 5.97 Å². The number of esters is 1. The Morgan fingerprint density at radius 1 is 1.45 bits per heavy atom. The first-order valence-electron chi connectivity index (χ1n) is 6.84. The summed E-state index contributed by atoms with van der Waals surface area (Å²) in [7, 11) is 0. The molecule has 0 saturated carbocycles. The van der Waals surface area contributed by atoms with Crippen molar-refractivity contribution >= 4 is 23.2 Å². The van der Waals surface area contributed by atoms with Gasteiger partial charge in [0.2, 0.25) is 11.7 Å². The number of carbonyl (C=O) groups is 2. The Morgan fingerprint density at radius 3 is 2.95 bits per heavy atom. The molecule has 2 rings (SSSR count). The predicted octanol–water partition coefficient (Wildman–Crippen LogP) is 1.80. The van der Waals surface area contributed by atoms with Crippen molar-refractivity contribution in [1.82, 2.24) is 15.5 Å². The van der Waals surface area contributed by atoms with E-state index in [1.807, 2.05) is 30.7 Å². The molecule has 0 fully saturated rings. The Hall–Kier alpha value is -2.22. The zero-order valence-electron chi connectivity index (χ0n) is 12.4. The van der Waals surface area contributed by atoms with Crippen LogP contribution in [0, 0.1) is 0 Å². The second-order valence-electron chi connectivity index (χ2n) is 4.91. The van der Waals surface area contributed by atoms with E-state index in [9.17, 15) is 9.59 Å². The Kier molecular flexibility index (Phi) is 5.65. The molecule has 0 spiro atoms. The average Bonchev–Trinajstić information content (AvgIpc) is 3.12. The summed E-state index contributed by atoms with van der Waals surface area (Å²) in [6, 6.07) is 1.90. The lowest BCUT2D eigenvalue weighted by atomic mass is 10.3. The lowest BCUT2D eigenvalue weighted by Gasteiger charge is -2.08. The van der Waals surface area contributed by atoms with Crippen LogP contribution >= 0.6 is 11.3 Å². The maximum absolute atomic E-state index is 11.6. The first kappa shape index (κ1) is 16.2. The van der Waals surface area contributed by atoms with Crippen molar-refractivity contribution in [3.63, 3.8) is 0 Å². The van der Waals surface area contributed by atoms with Gasteiger partial charge in [0.15, 0.2) is 6.61 Å². The van der Waals surface area contributed by atoms with Gasteiger partial charge in [-0.1, -0.05) is 5.16 Å². The predicted molar refractivity (Wildman–Crippen MR) is 80.2 cm³/mol. The Morgan fingerprint density at radius 2 is 2.27 bits per heavy atom. The molecule has 2 aromatic rings. The molecule has 0 aliphatic heterocycles. The number of ether oxygens (including phenoxy) is 1. The van der Waals surface area contributed by atoms with Crippen LogP contribution in [0.1, 0.15) is 26.2 Å². The molecule has 0 aromatic carbocycles. The van der Waals surface area contributed by atoms with E-state index in [1.54, 1.807) is 11.3 Å². The fourth-order valence-electron chi connectivity index (χ4n) is 1.66. The normalized spacial score (nSPS) is 10.7. The van der Waals surface area contributed by atoms with Crippen LogP contribution in [0.2, 0.25) is 0 Å². The fourth-order valence-corrected chi connectivity index (χ4v) is 2.29. The van der Waals surface area contributed by atoms with Crippen molar-refractivity contribution in [2.75, 3.05) is 6.61 Å². The minimum absolute atomic E-state index is 0.0140. The minimum atomic E-state index is -0.478. The summed E-state index contributed by atoms with van der Waals surface area (Å²) in [6.07, 6.45) is 0.363. The molecular weight excluding hydrogens is 306 g/mol. The van der Waals surface area contributed by atoms with E-state index in [1.165, 1.54) is 0 Å². The molecule has 0 bridgehead atoms. The molecule has 2 aromatic heterocycles. The molecule has 1 N–H and O–H groups in total. The van der Waals surface area contributed by atoms with Gasteiger partial charge < -0.3 is 14.6 Å². The lowest BCUT2D eigenvalue weighted by Crippen LogP contribution is -2.34. The van der Waals surface area contributed by atoms with Gasteiger partial charge in [0.25, 0.3) is 5.91 Å². The molecule has 0 aliphatic rings. The molecule has 0 saturated heterocycles. The van der Waals surface area contributed by atoms with Crippen LogP contribution in [0.4, 0.5) is 0 Å². The maximum atomic E-state index is 11.6. The lowest BCUT2D eigenvalue weighted by molar-refractivity contribution is -0.148. The highest BCUT2D eigenvalue weighted by molar-refractivity contribution is 7.08. The van der Waals surface area contributed by atoms with Crippen molar-refractivity contribution in [3.8, 4) is 11.4 Å². The largest absolute Gasteiger partial charge is 0.456 e. The zero-order valence-corrected chi connectivity index (χ0v) is 13.2. The van der Waals surface area contributed by atoms with Gasteiger partial charge in [-0.15, -0.1) is 0 Å². The van der Waals surface area contributed by atoms with Gasteiger partial charge in [-0.25, -0.2) is 0 Å². The molecule has 0 unspecified atom stereocenters. The Labute approximate surface area is 131 Å². The third-order valence-corrected chi connectivity index (χ3v) is 3.29. The van der Waals surface area contributed by atoms with E-state index >= 15 is 0 Å². The summed E-state index contributed by atoms with van der Waals surface area (Å²) >= 11 is 1.54. The van der Waals surface area contributed by atoms with E-state index in [-0.39, 0.29) is 31.4 Å². The summed E-state index contributed by atoms with van der Waals surface area (Å²) in [6.45, 7) is 3.39. The quantitative estimate of drug-likeness (QED) is 0.781. The number of carbonyl (C=O) groups excluding carboxylic acids is 2. The number of amides is 1. The minimum Gasteiger partial charge on any atom is -0.456 e. The van der Waals surface area contributed by atoms with Crippen molar-refractivity contribution in [2.24, 2.45) is 0 Å². The fraction of sp³-hybridized carbons (Fsp3) is 0.429. The molecule has 2 heterocycles. The Balaban J connectivity index is 1.74. The van der Waals surface area contributed by atoms with Gasteiger partial charge in [0.1, 0.15) is 0 Å². The smallest absolute Gasteiger partial charge is 0.306 e. The standard InChI is InChI=1S/C14H17N3O4S/c1-9(2)15-11(18)7-20-13(19)4-3-12-16-14(17-21-12)10-5-6-22-8-10/h5-6,8-9H,3-4,7H2,1-2H3,(H,15,18). The van der Waals surface area contributed by atoms with Gasteiger partial charge in [-0.3, -0.25) is 9.59 Å². The summed E-state index contributed by atoms with van der Waals surface area (Å²) in [5.41, 5.74) is 0.882. The SMILES string of the molecule is CC(C)NC(=O)COC(=O)CCc1nc(-c2ccsc2)no1. The van der Waals surface area contributed by atoms with E-state index < -0.39 is 5.97 Å². The van der Waals surface area contributed by atoms with Crippen molar-refractivity contribution < 1.29 is 18.8 Å². The third-order valence-electron chi connectivity index (χ3n) is 2.60. The molecule has 0 atom stereocenters. The van der Waals surface area contributed by atoms with Crippen LogP contribution in [0.3, 0.4) is 0 Å². The van der Waals surface area contributed by atoms with Crippen LogP contribution < -0.4 is 5.32 Å². The highest BCUT2D eigenvalue weighted by Gasteiger charge is 2.13. The maximum Gasteiger partial charge on any atom is 0.306 e. The average molecular weight is 323 g/mol. The number of aryl methyl sites for hydroxylation is 1. The van der Waals surface area contributed by atoms with E-state index in [0.29, 0.717) is 11.7 Å². The summed E-state index contributed by atoms with van der Waals surface area (Å²) < 4.78 is 9.94. The molecule has 22 heavy (non-hydrogen) atoms. The van der Waals surface area contributed by atoms with Crippen LogP contribution in [-0.4, -0.2) is 34.7 Å². The van der Waals surface area contributed by atoms with Crippen LogP contribution in [0.5, 0.6) is 0 Å².